The Balaban J connectivity index is 1.30. The minimum atomic E-state index is -0.180. The molecule has 0 aliphatic heterocycles. The predicted molar refractivity (Wildman–Crippen MR) is 148 cm³/mol. The quantitative estimate of drug-likeness (QED) is 0.210. The third kappa shape index (κ3) is 5.63. The van der Waals surface area contributed by atoms with Gasteiger partial charge < -0.3 is 5.32 Å². The van der Waals surface area contributed by atoms with E-state index >= 15 is 0 Å². The maximum absolute atomic E-state index is 12.7. The van der Waals surface area contributed by atoms with Gasteiger partial charge in [0.15, 0.2) is 16.1 Å². The molecule has 3 aromatic carbocycles. The summed E-state index contributed by atoms with van der Waals surface area (Å²) in [7, 11) is 0. The van der Waals surface area contributed by atoms with Gasteiger partial charge in [0.2, 0.25) is 5.91 Å². The smallest absolute Gasteiger partial charge is 0.236 e. The van der Waals surface area contributed by atoms with Crippen molar-refractivity contribution in [3.63, 3.8) is 0 Å². The van der Waals surface area contributed by atoms with Crippen molar-refractivity contribution >= 4 is 57.3 Å². The summed E-state index contributed by atoms with van der Waals surface area (Å²) in [5, 5.41) is 14.1. The largest absolute Gasteiger partial charge is 0.301 e. The van der Waals surface area contributed by atoms with Crippen LogP contribution in [0.2, 0.25) is 10.0 Å². The average Bonchev–Trinajstić information content (AvgIpc) is 3.52. The van der Waals surface area contributed by atoms with Crippen molar-refractivity contribution in [2.45, 2.75) is 11.6 Å². The molecule has 0 unspecified atom stereocenters. The molecule has 0 saturated carbocycles. The summed E-state index contributed by atoms with van der Waals surface area (Å²) >= 11 is 15.4. The molecule has 5 aromatic rings. The van der Waals surface area contributed by atoms with Gasteiger partial charge in [-0.3, -0.25) is 9.36 Å². The number of thioether (sulfide) groups is 1. The second kappa shape index (κ2) is 11.3. The summed E-state index contributed by atoms with van der Waals surface area (Å²) < 4.78 is 1.91. The van der Waals surface area contributed by atoms with Crippen molar-refractivity contribution in [1.29, 1.82) is 0 Å². The zero-order valence-electron chi connectivity index (χ0n) is 18.8. The first-order chi connectivity index (χ1) is 17.6. The second-order valence-electron chi connectivity index (χ2n) is 7.69. The van der Waals surface area contributed by atoms with Crippen LogP contribution in [0.1, 0.15) is 10.4 Å². The fourth-order valence-electron chi connectivity index (χ4n) is 3.55. The van der Waals surface area contributed by atoms with Gasteiger partial charge in [0.05, 0.1) is 10.8 Å². The lowest BCUT2D eigenvalue weighted by Gasteiger charge is -2.11. The molecule has 0 radical (unpaired) electrons. The zero-order valence-corrected chi connectivity index (χ0v) is 21.9. The van der Waals surface area contributed by atoms with Crippen LogP contribution in [0, 0.1) is 0 Å². The van der Waals surface area contributed by atoms with Crippen LogP contribution in [0.15, 0.2) is 90.2 Å². The van der Waals surface area contributed by atoms with Crippen LogP contribution >= 0.6 is 46.3 Å². The molecular weight excluding hydrogens is 533 g/mol. The van der Waals surface area contributed by atoms with Gasteiger partial charge in [0, 0.05) is 33.8 Å². The van der Waals surface area contributed by atoms with E-state index in [1.807, 2.05) is 83.4 Å². The number of para-hydroxylation sites is 1. The lowest BCUT2D eigenvalue weighted by molar-refractivity contribution is -0.113. The summed E-state index contributed by atoms with van der Waals surface area (Å²) in [5.74, 6) is 0.576. The molecule has 0 atom stereocenters. The molecule has 0 aliphatic rings. The number of hydrogen-bond donors (Lipinski definition) is 1. The van der Waals surface area contributed by atoms with Crippen molar-refractivity contribution in [1.82, 2.24) is 19.7 Å². The first-order valence-corrected chi connectivity index (χ1v) is 13.5. The van der Waals surface area contributed by atoms with Gasteiger partial charge in [-0.2, -0.15) is 0 Å². The standard InChI is InChI=1S/C26H19Cl2N5OS2/c27-21-12-6-4-8-17(21)14-19-15-29-25(36-19)30-23(34)16-35-26-32-31-24(20-11-5-7-13-22(20)28)33(26)18-9-2-1-3-10-18/h1-13,15H,14,16H2,(H,29,30,34). The number of anilines is 1. The number of aromatic nitrogens is 4. The summed E-state index contributed by atoms with van der Waals surface area (Å²) in [4.78, 5) is 18.1. The molecule has 1 amide bonds. The third-order valence-corrected chi connectivity index (χ3v) is 7.76. The topological polar surface area (TPSA) is 72.7 Å². The first-order valence-electron chi connectivity index (χ1n) is 10.9. The number of hydrogen-bond acceptors (Lipinski definition) is 6. The highest BCUT2D eigenvalue weighted by molar-refractivity contribution is 7.99. The van der Waals surface area contributed by atoms with E-state index in [1.165, 1.54) is 23.1 Å². The monoisotopic (exact) mass is 551 g/mol. The van der Waals surface area contributed by atoms with Crippen molar-refractivity contribution in [2.75, 3.05) is 11.1 Å². The number of halogens is 2. The molecule has 5 rings (SSSR count). The Morgan fingerprint density at radius 3 is 2.42 bits per heavy atom. The molecule has 0 spiro atoms. The Morgan fingerprint density at radius 1 is 0.917 bits per heavy atom. The lowest BCUT2D eigenvalue weighted by Crippen LogP contribution is -2.14. The zero-order chi connectivity index (χ0) is 24.9. The number of rotatable bonds is 8. The molecule has 0 saturated heterocycles. The molecule has 10 heteroatoms. The molecular formula is C26H19Cl2N5OS2. The predicted octanol–water partition coefficient (Wildman–Crippen LogP) is 7.02. The van der Waals surface area contributed by atoms with Crippen LogP contribution < -0.4 is 5.32 Å². The van der Waals surface area contributed by atoms with E-state index in [1.54, 1.807) is 6.20 Å². The minimum Gasteiger partial charge on any atom is -0.301 e. The molecule has 2 heterocycles. The van der Waals surface area contributed by atoms with Gasteiger partial charge in [0.25, 0.3) is 0 Å². The Labute approximate surface area is 226 Å². The molecule has 6 nitrogen and oxygen atoms in total. The van der Waals surface area contributed by atoms with Crippen molar-refractivity contribution < 1.29 is 4.79 Å². The van der Waals surface area contributed by atoms with Gasteiger partial charge >= 0.3 is 0 Å². The number of thiazole rings is 1. The lowest BCUT2D eigenvalue weighted by atomic mass is 10.1. The minimum absolute atomic E-state index is 0.146. The number of carbonyl (C=O) groups excluding carboxylic acids is 1. The summed E-state index contributed by atoms with van der Waals surface area (Å²) in [6.45, 7) is 0. The summed E-state index contributed by atoms with van der Waals surface area (Å²) in [6, 6.07) is 24.9. The maximum Gasteiger partial charge on any atom is 0.236 e. The summed E-state index contributed by atoms with van der Waals surface area (Å²) in [5.41, 5.74) is 2.66. The van der Waals surface area contributed by atoms with Gasteiger partial charge in [-0.25, -0.2) is 4.98 Å². The molecule has 180 valence electrons. The SMILES string of the molecule is O=C(CSc1nnc(-c2ccccc2Cl)n1-c1ccccc1)Nc1ncc(Cc2ccccc2Cl)s1. The fourth-order valence-corrected chi connectivity index (χ4v) is 5.58. The van der Waals surface area contributed by atoms with Crippen molar-refractivity contribution in [2.24, 2.45) is 0 Å². The van der Waals surface area contributed by atoms with Crippen LogP contribution in [-0.2, 0) is 11.2 Å². The Morgan fingerprint density at radius 2 is 1.64 bits per heavy atom. The van der Waals surface area contributed by atoms with E-state index < -0.39 is 0 Å². The Bertz CT molecular complexity index is 1500. The second-order valence-corrected chi connectivity index (χ2v) is 10.6. The highest BCUT2D eigenvalue weighted by Gasteiger charge is 2.19. The van der Waals surface area contributed by atoms with Crippen LogP contribution in [0.5, 0.6) is 0 Å². The third-order valence-electron chi connectivity index (χ3n) is 5.22. The van der Waals surface area contributed by atoms with E-state index in [-0.39, 0.29) is 11.7 Å². The normalized spacial score (nSPS) is 10.9. The van der Waals surface area contributed by atoms with E-state index in [4.69, 9.17) is 23.2 Å². The number of carbonyl (C=O) groups is 1. The highest BCUT2D eigenvalue weighted by atomic mass is 35.5. The average molecular weight is 553 g/mol. The van der Waals surface area contributed by atoms with E-state index in [2.05, 4.69) is 20.5 Å². The van der Waals surface area contributed by atoms with E-state index in [0.717, 1.165) is 21.7 Å². The maximum atomic E-state index is 12.7. The first kappa shape index (κ1) is 24.5. The van der Waals surface area contributed by atoms with Crippen LogP contribution in [0.3, 0.4) is 0 Å². The van der Waals surface area contributed by atoms with Crippen LogP contribution in [0.4, 0.5) is 5.13 Å². The van der Waals surface area contributed by atoms with Gasteiger partial charge in [-0.15, -0.1) is 21.5 Å². The highest BCUT2D eigenvalue weighted by Crippen LogP contribution is 2.32. The van der Waals surface area contributed by atoms with Gasteiger partial charge in [-0.1, -0.05) is 83.5 Å². The van der Waals surface area contributed by atoms with Crippen molar-refractivity contribution in [3.8, 4) is 17.1 Å². The van der Waals surface area contributed by atoms with Gasteiger partial charge in [0.1, 0.15) is 0 Å². The van der Waals surface area contributed by atoms with Crippen LogP contribution in [0.25, 0.3) is 17.1 Å². The molecule has 2 aromatic heterocycles. The molecule has 36 heavy (non-hydrogen) atoms. The van der Waals surface area contributed by atoms with Gasteiger partial charge in [-0.05, 0) is 35.9 Å². The fraction of sp³-hybridized carbons (Fsp3) is 0.0769. The summed E-state index contributed by atoms with van der Waals surface area (Å²) in [6.07, 6.45) is 2.42. The van der Waals surface area contributed by atoms with E-state index in [0.29, 0.717) is 32.6 Å². The molecule has 1 N–H and O–H groups in total. The molecule has 0 fully saturated rings. The molecule has 0 aliphatic carbocycles. The van der Waals surface area contributed by atoms with E-state index in [9.17, 15) is 4.79 Å². The Kier molecular flexibility index (Phi) is 7.67. The number of nitrogens with zero attached hydrogens (tertiary/aromatic N) is 4. The molecule has 0 bridgehead atoms. The number of nitrogens with one attached hydrogen (secondary N) is 1. The van der Waals surface area contributed by atoms with Crippen LogP contribution in [-0.4, -0.2) is 31.4 Å². The Hall–Kier alpha value is -3.17. The number of amides is 1. The van der Waals surface area contributed by atoms with Crippen molar-refractivity contribution in [3.05, 3.63) is 106 Å². The number of benzene rings is 3.